The van der Waals surface area contributed by atoms with Crippen LogP contribution in [-0.2, 0) is 6.54 Å². The zero-order valence-electron chi connectivity index (χ0n) is 5.95. The van der Waals surface area contributed by atoms with Gasteiger partial charge in [0.25, 0.3) is 5.17 Å². The Morgan fingerprint density at radius 1 is 1.36 bits per heavy atom. The van der Waals surface area contributed by atoms with E-state index in [0.29, 0.717) is 6.54 Å². The highest BCUT2D eigenvalue weighted by Gasteiger charge is 1.90. The number of nitrogens with one attached hydrogen (secondary N) is 1. The van der Waals surface area contributed by atoms with E-state index in [-0.39, 0.29) is 5.17 Å². The van der Waals surface area contributed by atoms with Crippen molar-refractivity contribution in [2.75, 3.05) is 0 Å². The summed E-state index contributed by atoms with van der Waals surface area (Å²) in [7, 11) is 0. The number of benzene rings is 1. The minimum Gasteiger partial charge on any atom is -0.487 e. The molecule has 3 heteroatoms. The van der Waals surface area contributed by atoms with Crippen molar-refractivity contribution in [3.05, 3.63) is 35.9 Å². The Bertz CT molecular complexity index is 235. The van der Waals surface area contributed by atoms with Gasteiger partial charge >= 0.3 is 0 Å². The molecule has 0 radical (unpaired) electrons. The summed E-state index contributed by atoms with van der Waals surface area (Å²) < 4.78 is 0. The number of aliphatic hydroxyl groups is 1. The lowest BCUT2D eigenvalue weighted by atomic mass is 10.2. The van der Waals surface area contributed by atoms with E-state index in [2.05, 4.69) is 17.5 Å². The van der Waals surface area contributed by atoms with E-state index < -0.39 is 0 Å². The summed E-state index contributed by atoms with van der Waals surface area (Å²) in [6.45, 7) is 0.580. The van der Waals surface area contributed by atoms with Crippen molar-refractivity contribution in [3.63, 3.8) is 0 Å². The van der Waals surface area contributed by atoms with Gasteiger partial charge in [0, 0.05) is 6.54 Å². The highest BCUT2D eigenvalue weighted by Crippen LogP contribution is 1.96. The summed E-state index contributed by atoms with van der Waals surface area (Å²) in [6.07, 6.45) is 0. The van der Waals surface area contributed by atoms with Gasteiger partial charge in [-0.05, 0) is 17.8 Å². The predicted octanol–water partition coefficient (Wildman–Crippen LogP) is 1.62. The lowest BCUT2D eigenvalue weighted by Gasteiger charge is -2.00. The van der Waals surface area contributed by atoms with E-state index in [1.165, 1.54) is 0 Å². The van der Waals surface area contributed by atoms with Gasteiger partial charge in [-0.1, -0.05) is 30.3 Å². The second-order valence-corrected chi connectivity index (χ2v) is 2.53. The average Bonchev–Trinajstić information content (AvgIpc) is 2.03. The van der Waals surface area contributed by atoms with Gasteiger partial charge in [-0.3, -0.25) is 0 Å². The predicted molar refractivity (Wildman–Crippen MR) is 48.5 cm³/mol. The third kappa shape index (κ3) is 3.00. The molecule has 0 spiro atoms. The summed E-state index contributed by atoms with van der Waals surface area (Å²) in [4.78, 5) is 0. The molecule has 0 saturated heterocycles. The molecule has 0 amide bonds. The Balaban J connectivity index is 2.45. The normalized spacial score (nSPS) is 9.09. The van der Waals surface area contributed by atoms with Crippen LogP contribution in [-0.4, -0.2) is 10.3 Å². The number of hydrogen-bond donors (Lipinski definition) is 2. The Labute approximate surface area is 70.9 Å². The summed E-state index contributed by atoms with van der Waals surface area (Å²) in [5.41, 5.74) is 1.10. The molecule has 0 unspecified atom stereocenters. The molecular formula is C8H9NOS. The molecule has 58 valence electrons. The first-order valence-corrected chi connectivity index (χ1v) is 3.70. The van der Waals surface area contributed by atoms with E-state index in [9.17, 15) is 0 Å². The summed E-state index contributed by atoms with van der Waals surface area (Å²) in [6, 6.07) is 9.76. The van der Waals surface area contributed by atoms with Crippen molar-refractivity contribution in [2.45, 2.75) is 6.54 Å². The quantitative estimate of drug-likeness (QED) is 0.656. The zero-order valence-corrected chi connectivity index (χ0v) is 6.77. The minimum atomic E-state index is -0.158. The van der Waals surface area contributed by atoms with Crippen LogP contribution in [0.25, 0.3) is 0 Å². The molecule has 2 N–H and O–H groups in total. The fourth-order valence-electron chi connectivity index (χ4n) is 0.774. The van der Waals surface area contributed by atoms with Crippen molar-refractivity contribution >= 4 is 17.4 Å². The average molecular weight is 167 g/mol. The highest BCUT2D eigenvalue weighted by molar-refractivity contribution is 7.79. The largest absolute Gasteiger partial charge is 0.487 e. The van der Waals surface area contributed by atoms with E-state index in [1.54, 1.807) is 0 Å². The standard InChI is InChI=1S/C8H9NOS/c10-8(11)9-6-7-4-2-1-3-5-7/h1-5H,6H2,(H2,9,10,11). The third-order valence-corrected chi connectivity index (χ3v) is 1.43. The van der Waals surface area contributed by atoms with E-state index in [0.717, 1.165) is 5.56 Å². The second-order valence-electron chi connectivity index (χ2n) is 2.14. The van der Waals surface area contributed by atoms with Gasteiger partial charge in [-0.15, -0.1) is 0 Å². The lowest BCUT2D eigenvalue weighted by molar-refractivity contribution is 0.530. The molecule has 1 aromatic carbocycles. The van der Waals surface area contributed by atoms with Crippen molar-refractivity contribution in [3.8, 4) is 0 Å². The fourth-order valence-corrected chi connectivity index (χ4v) is 0.846. The minimum absolute atomic E-state index is 0.158. The summed E-state index contributed by atoms with van der Waals surface area (Å²) >= 11 is 4.44. The van der Waals surface area contributed by atoms with Gasteiger partial charge in [0.15, 0.2) is 0 Å². The highest BCUT2D eigenvalue weighted by atomic mass is 32.1. The Morgan fingerprint density at radius 3 is 2.55 bits per heavy atom. The van der Waals surface area contributed by atoms with Crippen LogP contribution in [0.2, 0.25) is 0 Å². The summed E-state index contributed by atoms with van der Waals surface area (Å²) in [5, 5.41) is 11.1. The van der Waals surface area contributed by atoms with Crippen molar-refractivity contribution < 1.29 is 5.11 Å². The summed E-state index contributed by atoms with van der Waals surface area (Å²) in [5.74, 6) is 0. The molecule has 0 aliphatic carbocycles. The maximum Gasteiger partial charge on any atom is 0.254 e. The smallest absolute Gasteiger partial charge is 0.254 e. The van der Waals surface area contributed by atoms with Crippen LogP contribution in [0.4, 0.5) is 0 Å². The van der Waals surface area contributed by atoms with Gasteiger partial charge in [0.1, 0.15) is 0 Å². The lowest BCUT2D eigenvalue weighted by Crippen LogP contribution is -2.19. The maximum atomic E-state index is 8.63. The molecule has 0 bridgehead atoms. The van der Waals surface area contributed by atoms with Crippen LogP contribution >= 0.6 is 12.2 Å². The first-order valence-electron chi connectivity index (χ1n) is 3.30. The van der Waals surface area contributed by atoms with E-state index in [1.807, 2.05) is 30.3 Å². The van der Waals surface area contributed by atoms with Crippen LogP contribution in [0.1, 0.15) is 5.56 Å². The molecule has 0 fully saturated rings. The number of aliphatic hydroxyl groups excluding tert-OH is 1. The van der Waals surface area contributed by atoms with Gasteiger partial charge in [-0.2, -0.15) is 0 Å². The molecule has 0 aliphatic heterocycles. The molecule has 0 aromatic heterocycles. The molecule has 0 atom stereocenters. The first kappa shape index (κ1) is 8.01. The monoisotopic (exact) mass is 167 g/mol. The topological polar surface area (TPSA) is 32.3 Å². The zero-order chi connectivity index (χ0) is 8.10. The maximum absolute atomic E-state index is 8.63. The fraction of sp³-hybridized carbons (Fsp3) is 0.125. The second kappa shape index (κ2) is 3.93. The molecule has 0 saturated carbocycles. The first-order chi connectivity index (χ1) is 5.29. The SMILES string of the molecule is OC(=S)NCc1ccccc1. The van der Waals surface area contributed by atoms with Crippen LogP contribution in [0, 0.1) is 0 Å². The molecule has 1 aromatic rings. The van der Waals surface area contributed by atoms with Crippen molar-refractivity contribution in [2.24, 2.45) is 0 Å². The van der Waals surface area contributed by atoms with E-state index in [4.69, 9.17) is 5.11 Å². The molecular weight excluding hydrogens is 158 g/mol. The molecule has 1 rings (SSSR count). The number of hydrogen-bond acceptors (Lipinski definition) is 1. The molecule has 0 aliphatic rings. The van der Waals surface area contributed by atoms with Gasteiger partial charge < -0.3 is 10.4 Å². The van der Waals surface area contributed by atoms with Gasteiger partial charge in [-0.25, -0.2) is 0 Å². The Morgan fingerprint density at radius 2 is 2.00 bits per heavy atom. The van der Waals surface area contributed by atoms with Crippen LogP contribution < -0.4 is 5.32 Å². The van der Waals surface area contributed by atoms with Gasteiger partial charge in [0.05, 0.1) is 0 Å². The Hall–Kier alpha value is -1.09. The van der Waals surface area contributed by atoms with Crippen LogP contribution in [0.15, 0.2) is 30.3 Å². The Kier molecular flexibility index (Phi) is 2.86. The molecule has 0 heterocycles. The number of rotatable bonds is 2. The van der Waals surface area contributed by atoms with Crippen molar-refractivity contribution in [1.29, 1.82) is 0 Å². The van der Waals surface area contributed by atoms with E-state index >= 15 is 0 Å². The molecule has 11 heavy (non-hydrogen) atoms. The number of thiocarbonyl (C=S) groups is 1. The van der Waals surface area contributed by atoms with Crippen molar-refractivity contribution in [1.82, 2.24) is 5.32 Å². The van der Waals surface area contributed by atoms with Crippen LogP contribution in [0.3, 0.4) is 0 Å². The van der Waals surface area contributed by atoms with Gasteiger partial charge in [0.2, 0.25) is 0 Å². The third-order valence-electron chi connectivity index (χ3n) is 1.29. The molecule has 2 nitrogen and oxygen atoms in total. The van der Waals surface area contributed by atoms with Crippen LogP contribution in [0.5, 0.6) is 0 Å².